The molecule has 8 aromatic carbocycles. The lowest BCUT2D eigenvalue weighted by atomic mass is 9.93. The zero-order chi connectivity index (χ0) is 34.4. The van der Waals surface area contributed by atoms with E-state index in [9.17, 15) is 0 Å². The highest BCUT2D eigenvalue weighted by Crippen LogP contribution is 2.38. The molecule has 0 saturated heterocycles. The molecule has 0 fully saturated rings. The molecule has 0 N–H and O–H groups in total. The normalized spacial score (nSPS) is 11.5. The Kier molecular flexibility index (Phi) is 7.14. The Labute approximate surface area is 301 Å². The Bertz CT molecular complexity index is 2870. The summed E-state index contributed by atoms with van der Waals surface area (Å²) in [6.07, 6.45) is 0. The lowest BCUT2D eigenvalue weighted by Gasteiger charge is -2.14. The summed E-state index contributed by atoms with van der Waals surface area (Å²) in [5.74, 6) is 0.698. The molecule has 0 unspecified atom stereocenters. The van der Waals surface area contributed by atoms with Crippen LogP contribution in [0.4, 0.5) is 0 Å². The molecule has 0 aliphatic carbocycles. The van der Waals surface area contributed by atoms with E-state index in [-0.39, 0.29) is 0 Å². The molecule has 3 nitrogen and oxygen atoms in total. The van der Waals surface area contributed by atoms with Crippen LogP contribution in [0.15, 0.2) is 188 Å². The largest absolute Gasteiger partial charge is 0.248 e. The average molecular weight is 662 g/mol. The molecule has 10 rings (SSSR count). The molecule has 0 radical (unpaired) electrons. The third-order valence-electron chi connectivity index (χ3n) is 10.0. The monoisotopic (exact) mass is 661 g/mol. The van der Waals surface area contributed by atoms with Gasteiger partial charge in [0.15, 0.2) is 5.82 Å². The molecular formula is C49H31N3. The summed E-state index contributed by atoms with van der Waals surface area (Å²) in [5, 5.41) is 8.26. The van der Waals surface area contributed by atoms with Crippen molar-refractivity contribution in [3.63, 3.8) is 0 Å². The summed E-state index contributed by atoms with van der Waals surface area (Å²) < 4.78 is 0. The number of fused-ring (bicyclic) bond motifs is 5. The standard InChI is InChI=1S/C49H31N3/c1-2-14-35(15-3-1)45-30-43(48-42-20-9-8-13-34(42)25-26-44(48)50-45)38-18-10-19-39(29-38)46-31-47(40-23-21-32-11-4-6-16-36(32)27-40)52-49(51-46)41-24-22-33-12-5-7-17-37(33)28-41/h1-31H. The fourth-order valence-corrected chi connectivity index (χ4v) is 7.39. The van der Waals surface area contributed by atoms with Gasteiger partial charge in [0.25, 0.3) is 0 Å². The second-order valence-electron chi connectivity index (χ2n) is 13.3. The Balaban J connectivity index is 1.19. The van der Waals surface area contributed by atoms with E-state index in [2.05, 4.69) is 182 Å². The molecule has 242 valence electrons. The molecule has 0 atom stereocenters. The van der Waals surface area contributed by atoms with Gasteiger partial charge < -0.3 is 0 Å². The number of nitrogens with zero attached hydrogens (tertiary/aromatic N) is 3. The maximum Gasteiger partial charge on any atom is 0.160 e. The van der Waals surface area contributed by atoms with Gasteiger partial charge in [0, 0.05) is 27.6 Å². The maximum absolute atomic E-state index is 5.26. The van der Waals surface area contributed by atoms with Crippen molar-refractivity contribution in [1.82, 2.24) is 15.0 Å². The van der Waals surface area contributed by atoms with Gasteiger partial charge >= 0.3 is 0 Å². The molecular weight excluding hydrogens is 631 g/mol. The van der Waals surface area contributed by atoms with Crippen molar-refractivity contribution in [1.29, 1.82) is 0 Å². The summed E-state index contributed by atoms with van der Waals surface area (Å²) in [5.41, 5.74) is 10.1. The van der Waals surface area contributed by atoms with Gasteiger partial charge in [-0.25, -0.2) is 15.0 Å². The molecule has 2 heterocycles. The predicted molar refractivity (Wildman–Crippen MR) is 217 cm³/mol. The lowest BCUT2D eigenvalue weighted by molar-refractivity contribution is 1.18. The SMILES string of the molecule is c1ccc(-c2cc(-c3cccc(-c4cc(-c5ccc6ccccc6c5)nc(-c5ccc6ccccc6c5)n4)c3)c3c(ccc4ccccc43)n2)cc1. The van der Waals surface area contributed by atoms with Crippen LogP contribution in [0.2, 0.25) is 0 Å². The van der Waals surface area contributed by atoms with E-state index in [1.54, 1.807) is 0 Å². The molecule has 52 heavy (non-hydrogen) atoms. The predicted octanol–water partition coefficient (Wildman–Crippen LogP) is 12.8. The number of rotatable bonds is 5. The Morgan fingerprint density at radius 3 is 1.58 bits per heavy atom. The van der Waals surface area contributed by atoms with Gasteiger partial charge in [0.2, 0.25) is 0 Å². The van der Waals surface area contributed by atoms with Crippen molar-refractivity contribution < 1.29 is 0 Å². The molecule has 0 saturated carbocycles. The number of benzene rings is 8. The molecule has 0 spiro atoms. The second-order valence-corrected chi connectivity index (χ2v) is 13.3. The van der Waals surface area contributed by atoms with Crippen molar-refractivity contribution in [2.24, 2.45) is 0 Å². The van der Waals surface area contributed by atoms with Crippen LogP contribution in [0.1, 0.15) is 0 Å². The first-order valence-electron chi connectivity index (χ1n) is 17.6. The van der Waals surface area contributed by atoms with Gasteiger partial charge in [0.1, 0.15) is 0 Å². The third kappa shape index (κ3) is 5.37. The summed E-state index contributed by atoms with van der Waals surface area (Å²) >= 11 is 0. The van der Waals surface area contributed by atoms with E-state index in [0.29, 0.717) is 5.82 Å². The molecule has 10 aromatic rings. The van der Waals surface area contributed by atoms with Gasteiger partial charge in [-0.1, -0.05) is 152 Å². The minimum Gasteiger partial charge on any atom is -0.248 e. The zero-order valence-corrected chi connectivity index (χ0v) is 28.2. The van der Waals surface area contributed by atoms with Gasteiger partial charge in [-0.2, -0.15) is 0 Å². The third-order valence-corrected chi connectivity index (χ3v) is 10.0. The smallest absolute Gasteiger partial charge is 0.160 e. The molecule has 2 aromatic heterocycles. The Hall–Kier alpha value is -6.97. The highest BCUT2D eigenvalue weighted by Gasteiger charge is 2.16. The van der Waals surface area contributed by atoms with Gasteiger partial charge in [-0.3, -0.25) is 0 Å². The second kappa shape index (κ2) is 12.4. The lowest BCUT2D eigenvalue weighted by Crippen LogP contribution is -1.96. The van der Waals surface area contributed by atoms with Crippen LogP contribution in [0.5, 0.6) is 0 Å². The fraction of sp³-hybridized carbons (Fsp3) is 0. The van der Waals surface area contributed by atoms with Crippen molar-refractivity contribution in [2.75, 3.05) is 0 Å². The van der Waals surface area contributed by atoms with Crippen LogP contribution in [-0.2, 0) is 0 Å². The van der Waals surface area contributed by atoms with E-state index in [0.717, 1.165) is 66.8 Å². The highest BCUT2D eigenvalue weighted by molar-refractivity contribution is 6.14. The molecule has 3 heteroatoms. The van der Waals surface area contributed by atoms with Crippen LogP contribution in [-0.4, -0.2) is 15.0 Å². The molecule has 0 amide bonds. The van der Waals surface area contributed by atoms with Gasteiger partial charge in [0.05, 0.1) is 22.6 Å². The number of hydrogen-bond acceptors (Lipinski definition) is 3. The molecule has 0 bridgehead atoms. The zero-order valence-electron chi connectivity index (χ0n) is 28.2. The van der Waals surface area contributed by atoms with Crippen molar-refractivity contribution in [3.05, 3.63) is 188 Å². The average Bonchev–Trinajstić information content (AvgIpc) is 3.23. The van der Waals surface area contributed by atoms with E-state index >= 15 is 0 Å². The first-order valence-corrected chi connectivity index (χ1v) is 17.6. The van der Waals surface area contributed by atoms with Crippen molar-refractivity contribution in [2.45, 2.75) is 0 Å². The van der Waals surface area contributed by atoms with E-state index in [4.69, 9.17) is 15.0 Å². The summed E-state index contributed by atoms with van der Waals surface area (Å²) in [7, 11) is 0. The van der Waals surface area contributed by atoms with Crippen LogP contribution in [0.3, 0.4) is 0 Å². The summed E-state index contributed by atoms with van der Waals surface area (Å²) in [6.45, 7) is 0. The van der Waals surface area contributed by atoms with Gasteiger partial charge in [-0.05, 0) is 79.8 Å². The van der Waals surface area contributed by atoms with Crippen LogP contribution < -0.4 is 0 Å². The van der Waals surface area contributed by atoms with Crippen LogP contribution in [0, 0.1) is 0 Å². The van der Waals surface area contributed by atoms with Crippen molar-refractivity contribution in [3.8, 4) is 56.3 Å². The highest BCUT2D eigenvalue weighted by atomic mass is 14.9. The van der Waals surface area contributed by atoms with Crippen LogP contribution >= 0.6 is 0 Å². The number of pyridine rings is 1. The Morgan fingerprint density at radius 2 is 0.827 bits per heavy atom. The first-order chi connectivity index (χ1) is 25.7. The molecule has 0 aliphatic rings. The maximum atomic E-state index is 5.26. The Morgan fingerprint density at radius 1 is 0.288 bits per heavy atom. The van der Waals surface area contributed by atoms with Gasteiger partial charge in [-0.15, -0.1) is 0 Å². The minimum absolute atomic E-state index is 0.698. The number of hydrogen-bond donors (Lipinski definition) is 0. The van der Waals surface area contributed by atoms with E-state index in [1.165, 1.54) is 26.9 Å². The summed E-state index contributed by atoms with van der Waals surface area (Å²) in [4.78, 5) is 15.6. The molecule has 0 aliphatic heterocycles. The first kappa shape index (κ1) is 29.9. The quantitative estimate of drug-likeness (QED) is 0.172. The fourth-order valence-electron chi connectivity index (χ4n) is 7.39. The summed E-state index contributed by atoms with van der Waals surface area (Å²) in [6, 6.07) is 66.3. The van der Waals surface area contributed by atoms with Crippen molar-refractivity contribution >= 4 is 43.2 Å². The topological polar surface area (TPSA) is 38.7 Å². The van der Waals surface area contributed by atoms with Crippen LogP contribution in [0.25, 0.3) is 99.5 Å². The van der Waals surface area contributed by atoms with E-state index in [1.807, 2.05) is 6.07 Å². The minimum atomic E-state index is 0.698. The van der Waals surface area contributed by atoms with E-state index < -0.39 is 0 Å². The number of aromatic nitrogens is 3.